The lowest BCUT2D eigenvalue weighted by molar-refractivity contribution is -0.132. The first-order valence-electron chi connectivity index (χ1n) is 6.54. The van der Waals surface area contributed by atoms with Crippen LogP contribution in [-0.4, -0.2) is 30.0 Å². The number of hydrogen-bond acceptors (Lipinski definition) is 3. The van der Waals surface area contributed by atoms with Crippen molar-refractivity contribution in [2.24, 2.45) is 0 Å². The maximum Gasteiger partial charge on any atom is 0.255 e. The summed E-state index contributed by atoms with van der Waals surface area (Å²) in [4.78, 5) is 14.0. The van der Waals surface area contributed by atoms with Crippen molar-refractivity contribution in [2.75, 3.05) is 13.1 Å². The Kier molecular flexibility index (Phi) is 3.59. The second kappa shape index (κ2) is 5.02. The number of amides is 1. The molecule has 0 aromatic heterocycles. The minimum atomic E-state index is -0.548. The van der Waals surface area contributed by atoms with Crippen molar-refractivity contribution in [3.05, 3.63) is 35.4 Å². The minimum Gasteiger partial charge on any atom is -0.351 e. The first-order valence-corrected chi connectivity index (χ1v) is 6.54. The van der Waals surface area contributed by atoms with Crippen molar-refractivity contribution in [3.63, 3.8) is 0 Å². The van der Waals surface area contributed by atoms with Gasteiger partial charge in [0.25, 0.3) is 5.91 Å². The molecule has 0 N–H and O–H groups in total. The third-order valence-corrected chi connectivity index (χ3v) is 3.69. The Morgan fingerprint density at radius 3 is 2.42 bits per heavy atom. The monoisotopic (exact) mass is 258 g/mol. The molecule has 0 bridgehead atoms. The summed E-state index contributed by atoms with van der Waals surface area (Å²) in [5.41, 5.74) is 1.00. The third kappa shape index (κ3) is 2.34. The largest absolute Gasteiger partial charge is 0.351 e. The fourth-order valence-corrected chi connectivity index (χ4v) is 2.29. The van der Waals surface area contributed by atoms with Gasteiger partial charge >= 0.3 is 0 Å². The van der Waals surface area contributed by atoms with Crippen LogP contribution in [0.15, 0.2) is 24.3 Å². The predicted octanol–water partition coefficient (Wildman–Crippen LogP) is 2.04. The van der Waals surface area contributed by atoms with Crippen molar-refractivity contribution in [3.8, 4) is 6.07 Å². The Morgan fingerprint density at radius 2 is 1.95 bits per heavy atom. The summed E-state index contributed by atoms with van der Waals surface area (Å²) in [7, 11) is 0. The molecule has 4 heteroatoms. The van der Waals surface area contributed by atoms with Crippen LogP contribution >= 0.6 is 0 Å². The van der Waals surface area contributed by atoms with Gasteiger partial charge in [0.05, 0.1) is 11.6 Å². The van der Waals surface area contributed by atoms with Crippen molar-refractivity contribution >= 4 is 5.91 Å². The molecule has 0 aliphatic carbocycles. The van der Waals surface area contributed by atoms with E-state index >= 15 is 0 Å². The zero-order valence-corrected chi connectivity index (χ0v) is 11.5. The molecule has 1 aromatic carbocycles. The molecule has 1 saturated heterocycles. The maximum atomic E-state index is 12.2. The number of hydrogen-bond donors (Lipinski definition) is 0. The van der Waals surface area contributed by atoms with E-state index in [2.05, 4.69) is 6.07 Å². The zero-order valence-electron chi connectivity index (χ0n) is 11.5. The Hall–Kier alpha value is -1.86. The molecule has 100 valence electrons. The summed E-state index contributed by atoms with van der Waals surface area (Å²) in [6.45, 7) is 7.23. The van der Waals surface area contributed by atoms with Crippen molar-refractivity contribution in [2.45, 2.75) is 32.5 Å². The molecular formula is C15H18N2O2. The van der Waals surface area contributed by atoms with Gasteiger partial charge in [-0.2, -0.15) is 5.26 Å². The lowest BCUT2D eigenvalue weighted by Crippen LogP contribution is -2.36. The molecule has 1 amide bonds. The summed E-state index contributed by atoms with van der Waals surface area (Å²) < 4.78 is 5.64. The third-order valence-electron chi connectivity index (χ3n) is 3.69. The van der Waals surface area contributed by atoms with Gasteiger partial charge in [0.2, 0.25) is 0 Å². The van der Waals surface area contributed by atoms with Gasteiger partial charge in [-0.1, -0.05) is 12.1 Å². The van der Waals surface area contributed by atoms with Crippen LogP contribution in [0.5, 0.6) is 0 Å². The van der Waals surface area contributed by atoms with Gasteiger partial charge in [-0.15, -0.1) is 0 Å². The van der Waals surface area contributed by atoms with Crippen molar-refractivity contribution in [1.29, 1.82) is 5.26 Å². The number of nitrogens with zero attached hydrogens (tertiary/aromatic N) is 2. The van der Waals surface area contributed by atoms with E-state index in [1.807, 2.05) is 32.9 Å². The molecule has 0 saturated carbocycles. The van der Waals surface area contributed by atoms with Crippen LogP contribution in [-0.2, 0) is 15.1 Å². The molecule has 0 unspecified atom stereocenters. The number of carbonyl (C=O) groups is 1. The van der Waals surface area contributed by atoms with E-state index in [4.69, 9.17) is 10.00 Å². The van der Waals surface area contributed by atoms with Gasteiger partial charge in [-0.25, -0.2) is 0 Å². The number of ether oxygens (including phenoxy) is 1. The topological polar surface area (TPSA) is 56.6 Å². The summed E-state index contributed by atoms with van der Waals surface area (Å²) in [6, 6.07) is 9.29. The lowest BCUT2D eigenvalue weighted by Gasteiger charge is -2.18. The first kappa shape index (κ1) is 13.6. The van der Waals surface area contributed by atoms with Crippen LogP contribution in [0.3, 0.4) is 0 Å². The fraction of sp³-hybridized carbons (Fsp3) is 0.467. The zero-order chi connectivity index (χ0) is 14.0. The van der Waals surface area contributed by atoms with E-state index in [-0.39, 0.29) is 5.91 Å². The highest BCUT2D eigenvalue weighted by Crippen LogP contribution is 2.46. The molecular weight excluding hydrogens is 240 g/mol. The Balaban J connectivity index is 2.14. The van der Waals surface area contributed by atoms with E-state index in [1.165, 1.54) is 0 Å². The molecule has 1 aliphatic rings. The molecule has 1 fully saturated rings. The number of epoxide rings is 1. The molecule has 0 radical (unpaired) electrons. The molecule has 2 rings (SSSR count). The molecule has 1 aliphatic heterocycles. The van der Waals surface area contributed by atoms with E-state index in [9.17, 15) is 4.79 Å². The second-order valence-electron chi connectivity index (χ2n) is 4.80. The Labute approximate surface area is 113 Å². The standard InChI is InChI=1S/C15H18N2O2/c1-4-17(5-2)14(18)13-15(3,19-13)12-8-6-11(10-16)7-9-12/h6-9,13H,4-5H2,1-3H3/t13-,15-/m0/s1. The van der Waals surface area contributed by atoms with E-state index < -0.39 is 11.7 Å². The number of nitriles is 1. The van der Waals surface area contributed by atoms with Crippen LogP contribution < -0.4 is 0 Å². The normalized spacial score (nSPS) is 24.6. The van der Waals surface area contributed by atoms with Gasteiger partial charge in [0.15, 0.2) is 6.10 Å². The van der Waals surface area contributed by atoms with E-state index in [1.54, 1.807) is 17.0 Å². The van der Waals surface area contributed by atoms with Gasteiger partial charge in [-0.05, 0) is 38.5 Å². The highest BCUT2D eigenvalue weighted by atomic mass is 16.6. The second-order valence-corrected chi connectivity index (χ2v) is 4.80. The lowest BCUT2D eigenvalue weighted by atomic mass is 9.96. The summed E-state index contributed by atoms with van der Waals surface area (Å²) in [5.74, 6) is 0.0388. The molecule has 1 heterocycles. The highest BCUT2D eigenvalue weighted by Gasteiger charge is 2.58. The van der Waals surface area contributed by atoms with Crippen LogP contribution in [0, 0.1) is 11.3 Å². The maximum absolute atomic E-state index is 12.2. The van der Waals surface area contributed by atoms with Crippen molar-refractivity contribution in [1.82, 2.24) is 4.90 Å². The fourth-order valence-electron chi connectivity index (χ4n) is 2.29. The Bertz CT molecular complexity index is 514. The molecule has 1 aromatic rings. The number of rotatable bonds is 4. The average Bonchev–Trinajstić information content (AvgIpc) is 3.14. The SMILES string of the molecule is CCN(CC)C(=O)[C@@H]1O[C@@]1(C)c1ccc(C#N)cc1. The smallest absolute Gasteiger partial charge is 0.255 e. The quantitative estimate of drug-likeness (QED) is 0.776. The van der Waals surface area contributed by atoms with Crippen molar-refractivity contribution < 1.29 is 9.53 Å². The van der Waals surface area contributed by atoms with Gasteiger partial charge in [0, 0.05) is 13.1 Å². The number of benzene rings is 1. The van der Waals surface area contributed by atoms with Crippen LogP contribution in [0.4, 0.5) is 0 Å². The summed E-state index contributed by atoms with van der Waals surface area (Å²) >= 11 is 0. The Morgan fingerprint density at radius 1 is 1.37 bits per heavy atom. The van der Waals surface area contributed by atoms with Crippen LogP contribution in [0.2, 0.25) is 0 Å². The summed E-state index contributed by atoms with van der Waals surface area (Å²) in [5, 5.41) is 8.78. The molecule has 19 heavy (non-hydrogen) atoms. The minimum absolute atomic E-state index is 0.0388. The number of carbonyl (C=O) groups excluding carboxylic acids is 1. The highest BCUT2D eigenvalue weighted by molar-refractivity contribution is 5.85. The van der Waals surface area contributed by atoms with Gasteiger partial charge in [-0.3, -0.25) is 4.79 Å². The number of likely N-dealkylation sites (N-methyl/N-ethyl adjacent to an activating group) is 1. The first-order chi connectivity index (χ1) is 9.06. The van der Waals surface area contributed by atoms with E-state index in [0.717, 1.165) is 5.56 Å². The molecule has 4 nitrogen and oxygen atoms in total. The van der Waals surface area contributed by atoms with E-state index in [0.29, 0.717) is 18.7 Å². The van der Waals surface area contributed by atoms with Gasteiger partial charge in [0.1, 0.15) is 5.60 Å². The average molecular weight is 258 g/mol. The summed E-state index contributed by atoms with van der Waals surface area (Å²) in [6.07, 6.45) is -0.402. The molecule has 0 spiro atoms. The van der Waals surface area contributed by atoms with Crippen LogP contribution in [0.25, 0.3) is 0 Å². The predicted molar refractivity (Wildman–Crippen MR) is 71.3 cm³/mol. The van der Waals surface area contributed by atoms with Crippen LogP contribution in [0.1, 0.15) is 31.9 Å². The molecule has 2 atom stereocenters. The van der Waals surface area contributed by atoms with Gasteiger partial charge < -0.3 is 9.64 Å².